The van der Waals surface area contributed by atoms with Gasteiger partial charge in [-0.3, -0.25) is 4.79 Å². The molecular formula is C15H22N2O. The quantitative estimate of drug-likeness (QED) is 0.887. The van der Waals surface area contributed by atoms with Crippen LogP contribution in [0.5, 0.6) is 0 Å². The van der Waals surface area contributed by atoms with Crippen molar-refractivity contribution in [1.29, 1.82) is 0 Å². The van der Waals surface area contributed by atoms with Crippen molar-refractivity contribution >= 4 is 5.91 Å². The van der Waals surface area contributed by atoms with Gasteiger partial charge < -0.3 is 10.6 Å². The largest absolute Gasteiger partial charge is 0.334 e. The van der Waals surface area contributed by atoms with Crippen molar-refractivity contribution in [3.63, 3.8) is 0 Å². The lowest BCUT2D eigenvalue weighted by Crippen LogP contribution is -2.44. The van der Waals surface area contributed by atoms with Gasteiger partial charge in [0.1, 0.15) is 0 Å². The van der Waals surface area contributed by atoms with Crippen molar-refractivity contribution in [1.82, 2.24) is 4.90 Å². The van der Waals surface area contributed by atoms with Gasteiger partial charge in [0.25, 0.3) is 5.91 Å². The van der Waals surface area contributed by atoms with Crippen LogP contribution < -0.4 is 5.73 Å². The van der Waals surface area contributed by atoms with E-state index >= 15 is 0 Å². The number of carbonyl (C=O) groups is 1. The molecule has 0 bridgehead atoms. The van der Waals surface area contributed by atoms with Crippen molar-refractivity contribution in [2.45, 2.75) is 38.1 Å². The van der Waals surface area contributed by atoms with E-state index in [1.54, 1.807) is 0 Å². The third kappa shape index (κ3) is 3.10. The van der Waals surface area contributed by atoms with Crippen LogP contribution in [0.1, 0.15) is 42.5 Å². The third-order valence-electron chi connectivity index (χ3n) is 3.67. The van der Waals surface area contributed by atoms with Crippen molar-refractivity contribution in [3.05, 3.63) is 35.9 Å². The third-order valence-corrected chi connectivity index (χ3v) is 3.67. The highest BCUT2D eigenvalue weighted by atomic mass is 16.2. The molecule has 1 aliphatic carbocycles. The zero-order valence-corrected chi connectivity index (χ0v) is 10.8. The first kappa shape index (κ1) is 13.1. The molecule has 1 amide bonds. The fourth-order valence-electron chi connectivity index (χ4n) is 2.73. The van der Waals surface area contributed by atoms with Gasteiger partial charge in [-0.2, -0.15) is 0 Å². The van der Waals surface area contributed by atoms with Gasteiger partial charge in [-0.15, -0.1) is 0 Å². The molecule has 0 radical (unpaired) electrons. The summed E-state index contributed by atoms with van der Waals surface area (Å²) in [5.41, 5.74) is 6.43. The average Bonchev–Trinajstić information content (AvgIpc) is 2.46. The van der Waals surface area contributed by atoms with E-state index in [2.05, 4.69) is 0 Å². The van der Waals surface area contributed by atoms with Crippen LogP contribution in [-0.2, 0) is 0 Å². The topological polar surface area (TPSA) is 46.3 Å². The minimum absolute atomic E-state index is 0.132. The van der Waals surface area contributed by atoms with Gasteiger partial charge in [0.2, 0.25) is 0 Å². The molecular weight excluding hydrogens is 224 g/mol. The molecule has 2 N–H and O–H groups in total. The summed E-state index contributed by atoms with van der Waals surface area (Å²) >= 11 is 0. The van der Waals surface area contributed by atoms with Gasteiger partial charge in [0.15, 0.2) is 0 Å². The molecule has 0 spiro atoms. The molecule has 0 aromatic heterocycles. The van der Waals surface area contributed by atoms with E-state index in [0.29, 0.717) is 19.1 Å². The van der Waals surface area contributed by atoms with Crippen molar-refractivity contribution in [3.8, 4) is 0 Å². The van der Waals surface area contributed by atoms with Crippen LogP contribution in [0.4, 0.5) is 0 Å². The molecule has 1 saturated carbocycles. The summed E-state index contributed by atoms with van der Waals surface area (Å²) in [6.07, 6.45) is 6.01. The van der Waals surface area contributed by atoms with Crippen LogP contribution in [-0.4, -0.2) is 29.9 Å². The van der Waals surface area contributed by atoms with Gasteiger partial charge >= 0.3 is 0 Å². The lowest BCUT2D eigenvalue weighted by molar-refractivity contribution is 0.0641. The first-order valence-corrected chi connectivity index (χ1v) is 6.89. The molecule has 1 aromatic rings. The number of hydrogen-bond donors (Lipinski definition) is 1. The molecule has 0 atom stereocenters. The number of benzene rings is 1. The minimum Gasteiger partial charge on any atom is -0.334 e. The van der Waals surface area contributed by atoms with Gasteiger partial charge in [-0.1, -0.05) is 37.5 Å². The first-order valence-electron chi connectivity index (χ1n) is 6.89. The molecule has 3 heteroatoms. The Morgan fingerprint density at radius 3 is 2.44 bits per heavy atom. The fraction of sp³-hybridized carbons (Fsp3) is 0.533. The normalized spacial score (nSPS) is 16.5. The molecule has 2 rings (SSSR count). The van der Waals surface area contributed by atoms with Crippen LogP contribution in [0.2, 0.25) is 0 Å². The van der Waals surface area contributed by atoms with Gasteiger partial charge in [0, 0.05) is 24.7 Å². The molecule has 0 aliphatic heterocycles. The molecule has 1 aliphatic rings. The summed E-state index contributed by atoms with van der Waals surface area (Å²) in [5.74, 6) is 0.132. The zero-order valence-electron chi connectivity index (χ0n) is 10.8. The Hall–Kier alpha value is -1.35. The molecule has 1 fully saturated rings. The first-order chi connectivity index (χ1) is 8.83. The second-order valence-corrected chi connectivity index (χ2v) is 4.95. The molecule has 98 valence electrons. The molecule has 18 heavy (non-hydrogen) atoms. The van der Waals surface area contributed by atoms with Crippen LogP contribution in [0.3, 0.4) is 0 Å². The second kappa shape index (κ2) is 6.55. The fourth-order valence-corrected chi connectivity index (χ4v) is 2.73. The van der Waals surface area contributed by atoms with Crippen molar-refractivity contribution in [2.24, 2.45) is 5.73 Å². The Labute approximate surface area is 109 Å². The van der Waals surface area contributed by atoms with Crippen molar-refractivity contribution in [2.75, 3.05) is 13.1 Å². The van der Waals surface area contributed by atoms with E-state index in [1.807, 2.05) is 35.2 Å². The van der Waals surface area contributed by atoms with Crippen LogP contribution >= 0.6 is 0 Å². The van der Waals surface area contributed by atoms with Crippen LogP contribution in [0.25, 0.3) is 0 Å². The second-order valence-electron chi connectivity index (χ2n) is 4.95. The van der Waals surface area contributed by atoms with E-state index in [-0.39, 0.29) is 5.91 Å². The van der Waals surface area contributed by atoms with Crippen LogP contribution in [0.15, 0.2) is 30.3 Å². The summed E-state index contributed by atoms with van der Waals surface area (Å²) in [6.45, 7) is 1.20. The summed E-state index contributed by atoms with van der Waals surface area (Å²) < 4.78 is 0. The smallest absolute Gasteiger partial charge is 0.254 e. The Morgan fingerprint density at radius 2 is 1.83 bits per heavy atom. The maximum atomic E-state index is 12.5. The number of amides is 1. The van der Waals surface area contributed by atoms with E-state index in [1.165, 1.54) is 19.3 Å². The molecule has 0 unspecified atom stereocenters. The predicted octanol–water partition coefficient (Wildman–Crippen LogP) is 2.42. The van der Waals surface area contributed by atoms with E-state index in [9.17, 15) is 4.79 Å². The molecule has 1 aromatic carbocycles. The van der Waals surface area contributed by atoms with Crippen molar-refractivity contribution < 1.29 is 4.79 Å². The average molecular weight is 246 g/mol. The standard InChI is InChI=1S/C15H22N2O/c16-11-12-17(14-9-5-2-6-10-14)15(18)13-7-3-1-4-8-13/h1,3-4,7-8,14H,2,5-6,9-12,16H2. The SMILES string of the molecule is NCCN(C(=O)c1ccccc1)C1CCCCC1. The minimum atomic E-state index is 0.132. The zero-order chi connectivity index (χ0) is 12.8. The number of rotatable bonds is 4. The van der Waals surface area contributed by atoms with E-state index in [4.69, 9.17) is 5.73 Å². The molecule has 0 saturated heterocycles. The highest BCUT2D eigenvalue weighted by Gasteiger charge is 2.25. The maximum absolute atomic E-state index is 12.5. The van der Waals surface area contributed by atoms with Gasteiger partial charge in [0.05, 0.1) is 0 Å². The number of nitrogens with zero attached hydrogens (tertiary/aromatic N) is 1. The summed E-state index contributed by atoms with van der Waals surface area (Å²) in [5, 5.41) is 0. The van der Waals surface area contributed by atoms with Gasteiger partial charge in [-0.25, -0.2) is 0 Å². The van der Waals surface area contributed by atoms with Gasteiger partial charge in [-0.05, 0) is 25.0 Å². The number of carbonyl (C=O) groups excluding carboxylic acids is 1. The Bertz CT molecular complexity index is 371. The molecule has 3 nitrogen and oxygen atoms in total. The van der Waals surface area contributed by atoms with Crippen LogP contribution in [0, 0.1) is 0 Å². The number of hydrogen-bond acceptors (Lipinski definition) is 2. The lowest BCUT2D eigenvalue weighted by atomic mass is 9.93. The Morgan fingerprint density at radius 1 is 1.17 bits per heavy atom. The Kier molecular flexibility index (Phi) is 4.76. The summed E-state index contributed by atoms with van der Waals surface area (Å²) in [4.78, 5) is 14.5. The predicted molar refractivity (Wildman–Crippen MR) is 73.4 cm³/mol. The van der Waals surface area contributed by atoms with E-state index < -0.39 is 0 Å². The summed E-state index contributed by atoms with van der Waals surface area (Å²) in [6, 6.07) is 9.91. The molecule has 0 heterocycles. The lowest BCUT2D eigenvalue weighted by Gasteiger charge is -2.34. The van der Waals surface area contributed by atoms with E-state index in [0.717, 1.165) is 18.4 Å². The number of nitrogens with two attached hydrogens (primary N) is 1. The highest BCUT2D eigenvalue weighted by molar-refractivity contribution is 5.94. The monoisotopic (exact) mass is 246 g/mol. The highest BCUT2D eigenvalue weighted by Crippen LogP contribution is 2.23. The Balaban J connectivity index is 2.11. The summed E-state index contributed by atoms with van der Waals surface area (Å²) in [7, 11) is 0. The maximum Gasteiger partial charge on any atom is 0.254 e.